The van der Waals surface area contributed by atoms with Gasteiger partial charge in [0.1, 0.15) is 10.0 Å². The molecular weight excluding hydrogens is 278 g/mol. The van der Waals surface area contributed by atoms with Crippen LogP contribution in [-0.4, -0.2) is 44.8 Å². The number of rotatable bonds is 5. The molecule has 1 heterocycles. The van der Waals surface area contributed by atoms with Crippen LogP contribution < -0.4 is 4.72 Å². The van der Waals surface area contributed by atoms with Crippen molar-refractivity contribution in [2.75, 3.05) is 20.6 Å². The molecule has 1 rings (SSSR count). The van der Waals surface area contributed by atoms with E-state index in [-0.39, 0.29) is 28.9 Å². The van der Waals surface area contributed by atoms with E-state index in [9.17, 15) is 13.2 Å². The number of aromatic nitrogens is 1. The van der Waals surface area contributed by atoms with Gasteiger partial charge in [-0.25, -0.2) is 18.1 Å². The second-order valence-electron chi connectivity index (χ2n) is 3.73. The Kier molecular flexibility index (Phi) is 5.06. The van der Waals surface area contributed by atoms with Crippen LogP contribution in [0.5, 0.6) is 0 Å². The van der Waals surface area contributed by atoms with Crippen molar-refractivity contribution in [2.45, 2.75) is 11.3 Å². The van der Waals surface area contributed by atoms with Crippen molar-refractivity contribution in [1.82, 2.24) is 14.6 Å². The van der Waals surface area contributed by atoms with E-state index in [1.54, 1.807) is 14.1 Å². The molecule has 1 N–H and O–H groups in total. The van der Waals surface area contributed by atoms with Crippen molar-refractivity contribution in [3.05, 3.63) is 23.5 Å². The summed E-state index contributed by atoms with van der Waals surface area (Å²) in [6, 6.07) is 2.83. The first-order valence-electron chi connectivity index (χ1n) is 5.15. The SMILES string of the molecule is CN(C)C(=O)CCNS(=O)(=O)c1cccnc1Cl. The number of amides is 1. The molecule has 0 bridgehead atoms. The summed E-state index contributed by atoms with van der Waals surface area (Å²) < 4.78 is 26.0. The molecule has 18 heavy (non-hydrogen) atoms. The van der Waals surface area contributed by atoms with E-state index in [4.69, 9.17) is 11.6 Å². The standard InChI is InChI=1S/C10H14ClN3O3S/c1-14(2)9(15)5-7-13-18(16,17)8-4-3-6-12-10(8)11/h3-4,6,13H,5,7H2,1-2H3. The van der Waals surface area contributed by atoms with Crippen LogP contribution in [0.1, 0.15) is 6.42 Å². The van der Waals surface area contributed by atoms with Crippen LogP contribution in [0.3, 0.4) is 0 Å². The van der Waals surface area contributed by atoms with Gasteiger partial charge >= 0.3 is 0 Å². The number of carbonyl (C=O) groups is 1. The number of pyridine rings is 1. The van der Waals surface area contributed by atoms with Crippen LogP contribution in [0.2, 0.25) is 5.15 Å². The second kappa shape index (κ2) is 6.12. The molecule has 0 atom stereocenters. The highest BCUT2D eigenvalue weighted by Crippen LogP contribution is 2.17. The summed E-state index contributed by atoms with van der Waals surface area (Å²) in [5, 5.41) is -0.0936. The molecule has 0 saturated carbocycles. The van der Waals surface area contributed by atoms with Crippen molar-refractivity contribution < 1.29 is 13.2 Å². The highest BCUT2D eigenvalue weighted by Gasteiger charge is 2.18. The minimum atomic E-state index is -3.73. The number of nitrogens with zero attached hydrogens (tertiary/aromatic N) is 2. The average molecular weight is 292 g/mol. The molecule has 0 aliphatic carbocycles. The summed E-state index contributed by atoms with van der Waals surface area (Å²) in [6.45, 7) is 0.0184. The van der Waals surface area contributed by atoms with Crippen molar-refractivity contribution in [3.8, 4) is 0 Å². The fraction of sp³-hybridized carbons (Fsp3) is 0.400. The molecule has 0 aliphatic rings. The fourth-order valence-electron chi connectivity index (χ4n) is 1.17. The van der Waals surface area contributed by atoms with Gasteiger partial charge in [-0.05, 0) is 12.1 Å². The minimum Gasteiger partial charge on any atom is -0.349 e. The molecule has 0 fully saturated rings. The van der Waals surface area contributed by atoms with Crippen LogP contribution in [0.15, 0.2) is 23.2 Å². The second-order valence-corrected chi connectivity index (χ2v) is 5.82. The Hall–Kier alpha value is -1.18. The maximum Gasteiger partial charge on any atom is 0.243 e. The van der Waals surface area contributed by atoms with Gasteiger partial charge in [0, 0.05) is 33.3 Å². The Labute approximate surface area is 111 Å². The van der Waals surface area contributed by atoms with Crippen molar-refractivity contribution in [2.24, 2.45) is 0 Å². The molecule has 1 amide bonds. The highest BCUT2D eigenvalue weighted by atomic mass is 35.5. The van der Waals surface area contributed by atoms with Gasteiger partial charge in [0.15, 0.2) is 0 Å². The summed E-state index contributed by atoms with van der Waals surface area (Å²) in [4.78, 5) is 16.3. The number of sulfonamides is 1. The topological polar surface area (TPSA) is 79.4 Å². The zero-order valence-electron chi connectivity index (χ0n) is 10.1. The first-order chi connectivity index (χ1) is 8.34. The molecule has 0 unspecified atom stereocenters. The smallest absolute Gasteiger partial charge is 0.243 e. The molecule has 0 radical (unpaired) electrons. The van der Waals surface area contributed by atoms with E-state index < -0.39 is 10.0 Å². The predicted molar refractivity (Wildman–Crippen MR) is 67.7 cm³/mol. The largest absolute Gasteiger partial charge is 0.349 e. The molecular formula is C10H14ClN3O3S. The normalized spacial score (nSPS) is 11.3. The lowest BCUT2D eigenvalue weighted by molar-refractivity contribution is -0.128. The Balaban J connectivity index is 2.67. The third-order valence-corrected chi connectivity index (χ3v) is 4.05. The molecule has 100 valence electrons. The molecule has 6 nitrogen and oxygen atoms in total. The zero-order valence-corrected chi connectivity index (χ0v) is 11.6. The van der Waals surface area contributed by atoms with Crippen molar-refractivity contribution in [3.63, 3.8) is 0 Å². The van der Waals surface area contributed by atoms with Gasteiger partial charge in [-0.15, -0.1) is 0 Å². The van der Waals surface area contributed by atoms with Crippen molar-refractivity contribution in [1.29, 1.82) is 0 Å². The average Bonchev–Trinajstić information content (AvgIpc) is 2.28. The maximum atomic E-state index is 11.8. The van der Waals surface area contributed by atoms with Crippen LogP contribution in [0.25, 0.3) is 0 Å². The molecule has 0 spiro atoms. The Bertz CT molecular complexity index is 531. The Morgan fingerprint density at radius 1 is 1.50 bits per heavy atom. The number of halogens is 1. The van der Waals surface area contributed by atoms with E-state index >= 15 is 0 Å². The van der Waals surface area contributed by atoms with Gasteiger partial charge in [0.25, 0.3) is 0 Å². The Morgan fingerprint density at radius 2 is 2.17 bits per heavy atom. The van der Waals surface area contributed by atoms with Crippen LogP contribution in [0, 0.1) is 0 Å². The molecule has 0 aromatic carbocycles. The van der Waals surface area contributed by atoms with Crippen molar-refractivity contribution >= 4 is 27.5 Å². The number of hydrogen-bond donors (Lipinski definition) is 1. The molecule has 1 aromatic rings. The van der Waals surface area contributed by atoms with Crippen LogP contribution in [-0.2, 0) is 14.8 Å². The highest BCUT2D eigenvalue weighted by molar-refractivity contribution is 7.89. The number of hydrogen-bond acceptors (Lipinski definition) is 4. The van der Waals surface area contributed by atoms with Crippen LogP contribution >= 0.6 is 11.6 Å². The monoisotopic (exact) mass is 291 g/mol. The van der Waals surface area contributed by atoms with Gasteiger partial charge in [0.05, 0.1) is 0 Å². The number of nitrogens with one attached hydrogen (secondary N) is 1. The third-order valence-electron chi connectivity index (χ3n) is 2.14. The summed E-state index contributed by atoms with van der Waals surface area (Å²) in [5.74, 6) is -0.157. The maximum absolute atomic E-state index is 11.8. The van der Waals surface area contributed by atoms with Gasteiger partial charge in [-0.2, -0.15) is 0 Å². The first-order valence-corrected chi connectivity index (χ1v) is 7.01. The summed E-state index contributed by atoms with van der Waals surface area (Å²) in [6.07, 6.45) is 1.49. The first kappa shape index (κ1) is 14.9. The fourth-order valence-corrected chi connectivity index (χ4v) is 2.65. The lowest BCUT2D eigenvalue weighted by atomic mass is 10.4. The molecule has 0 saturated heterocycles. The van der Waals surface area contributed by atoms with E-state index in [2.05, 4.69) is 9.71 Å². The quantitative estimate of drug-likeness (QED) is 0.801. The van der Waals surface area contributed by atoms with Crippen LogP contribution in [0.4, 0.5) is 0 Å². The van der Waals surface area contributed by atoms with Gasteiger partial charge in [-0.3, -0.25) is 4.79 Å². The van der Waals surface area contributed by atoms with Gasteiger partial charge in [-0.1, -0.05) is 11.6 Å². The number of carbonyl (C=O) groups excluding carboxylic acids is 1. The zero-order chi connectivity index (χ0) is 13.8. The predicted octanol–water partition coefficient (Wildman–Crippen LogP) is 0.492. The molecule has 1 aromatic heterocycles. The van der Waals surface area contributed by atoms with E-state index in [0.717, 1.165) is 0 Å². The Morgan fingerprint density at radius 3 is 2.72 bits per heavy atom. The lowest BCUT2D eigenvalue weighted by Gasteiger charge is -2.11. The van der Waals surface area contributed by atoms with E-state index in [1.807, 2.05) is 0 Å². The lowest BCUT2D eigenvalue weighted by Crippen LogP contribution is -2.30. The summed E-state index contributed by atoms with van der Waals surface area (Å²) in [7, 11) is -0.516. The van der Waals surface area contributed by atoms with E-state index in [0.29, 0.717) is 0 Å². The third kappa shape index (κ3) is 3.94. The summed E-state index contributed by atoms with van der Waals surface area (Å²) in [5.41, 5.74) is 0. The minimum absolute atomic E-state index is 0.0184. The van der Waals surface area contributed by atoms with Gasteiger partial charge in [0.2, 0.25) is 15.9 Å². The van der Waals surface area contributed by atoms with Gasteiger partial charge < -0.3 is 4.90 Å². The summed E-state index contributed by atoms with van der Waals surface area (Å²) >= 11 is 5.70. The molecule has 8 heteroatoms. The van der Waals surface area contributed by atoms with E-state index in [1.165, 1.54) is 23.2 Å². The molecule has 0 aliphatic heterocycles.